The molecule has 0 heterocycles. The normalized spacial score (nSPS) is 14.1. The van der Waals surface area contributed by atoms with Crippen LogP contribution in [0.2, 0.25) is 0 Å². The van der Waals surface area contributed by atoms with Gasteiger partial charge >= 0.3 is 56.7 Å². The number of hydrogen-bond donors (Lipinski definition) is 0. The Hall–Kier alpha value is -5.46. The lowest BCUT2D eigenvalue weighted by Crippen LogP contribution is -2.70. The van der Waals surface area contributed by atoms with Gasteiger partial charge in [0.1, 0.15) is 17.2 Å². The first-order valence-electron chi connectivity index (χ1n) is 30.1. The Labute approximate surface area is 524 Å². The topological polar surface area (TPSA) is 46.2 Å². The van der Waals surface area contributed by atoms with Gasteiger partial charge in [0, 0.05) is 12.8 Å². The third-order valence-electron chi connectivity index (χ3n) is 15.0. The second-order valence-electron chi connectivity index (χ2n) is 21.8. The van der Waals surface area contributed by atoms with Crippen molar-refractivity contribution in [2.45, 2.75) is 218 Å². The maximum atomic E-state index is 16.1. The van der Waals surface area contributed by atoms with Crippen LogP contribution in [0, 0.1) is 6.07 Å². The fourth-order valence-electron chi connectivity index (χ4n) is 10.8. The monoisotopic (exact) mass is 1380 g/mol. The lowest BCUT2D eigenvalue weighted by molar-refractivity contribution is -1.05. The summed E-state index contributed by atoms with van der Waals surface area (Å²) in [6.07, 6.45) is -33.3. The molecule has 0 aliphatic heterocycles. The third kappa shape index (κ3) is 24.3. The number of rotatable bonds is 33. The maximum Gasteiger partial charge on any atom is 0.864 e. The Morgan fingerprint density at radius 3 is 1.01 bits per heavy atom. The molecule has 0 fully saturated rings. The van der Waals surface area contributed by atoms with Crippen molar-refractivity contribution in [3.63, 3.8) is 0 Å². The van der Waals surface area contributed by atoms with Crippen molar-refractivity contribution < 1.29 is 133 Å². The number of hydrogen-bond acceptors (Lipinski definition) is 5. The van der Waals surface area contributed by atoms with E-state index >= 15 is 26.3 Å². The summed E-state index contributed by atoms with van der Waals surface area (Å²) in [5.41, 5.74) is -19.1. The van der Waals surface area contributed by atoms with Gasteiger partial charge in [0.15, 0.2) is 6.23 Å². The summed E-state index contributed by atoms with van der Waals surface area (Å²) >= 11 is 0. The molecule has 4 aromatic rings. The molecule has 2 unspecified atom stereocenters. The minimum Gasteiger partial charge on any atom is -0.490 e. The van der Waals surface area contributed by atoms with Crippen molar-refractivity contribution in [1.29, 1.82) is 0 Å². The summed E-state index contributed by atoms with van der Waals surface area (Å²) in [7, 11) is -3.38. The van der Waals surface area contributed by atoms with Crippen LogP contribution in [0.5, 0.6) is 17.2 Å². The van der Waals surface area contributed by atoms with Crippen LogP contribution in [-0.2, 0) is 64.6 Å². The zero-order chi connectivity index (χ0) is 70.7. The van der Waals surface area contributed by atoms with Gasteiger partial charge in [0.05, 0.1) is 65.2 Å². The van der Waals surface area contributed by atoms with Crippen LogP contribution in [-0.4, -0.2) is 44.3 Å². The average Bonchev–Trinajstić information content (AvgIpc) is 0.712. The first-order valence-corrected chi connectivity index (χ1v) is 30.1. The lowest BCUT2D eigenvalue weighted by atomic mass is 9.85. The van der Waals surface area contributed by atoms with E-state index in [9.17, 15) is 79.0 Å². The first kappa shape index (κ1) is 81.8. The minimum atomic E-state index is -5.81. The van der Waals surface area contributed by atoms with Gasteiger partial charge in [0.2, 0.25) is 5.72 Å². The van der Waals surface area contributed by atoms with Crippen LogP contribution in [0.25, 0.3) is 0 Å². The van der Waals surface area contributed by atoms with Gasteiger partial charge in [-0.05, 0) is 88.1 Å². The van der Waals surface area contributed by atoms with Crippen molar-refractivity contribution in [2.75, 3.05) is 26.3 Å². The van der Waals surface area contributed by atoms with E-state index in [0.717, 1.165) is 64.2 Å². The number of alkyl halides is 24. The summed E-state index contributed by atoms with van der Waals surface area (Å²) in [4.78, 5) is 0. The van der Waals surface area contributed by atoms with Crippen molar-refractivity contribution >= 4 is 7.32 Å². The Morgan fingerprint density at radius 2 is 0.710 bits per heavy atom. The summed E-state index contributed by atoms with van der Waals surface area (Å²) in [6, 6.07) is 1.15. The van der Waals surface area contributed by atoms with Gasteiger partial charge in [-0.15, -0.1) is 6.07 Å². The van der Waals surface area contributed by atoms with Gasteiger partial charge in [-0.25, -0.2) is 0 Å². The molecule has 4 rings (SSSR count). The third-order valence-corrected chi connectivity index (χ3v) is 15.0. The molecule has 528 valence electrons. The highest BCUT2D eigenvalue weighted by molar-refractivity contribution is 6.39. The molecular formula is C62H74BF24NO5. The molecule has 4 aromatic carbocycles. The van der Waals surface area contributed by atoms with Gasteiger partial charge < -0.3 is 23.4 Å². The van der Waals surface area contributed by atoms with E-state index < -0.39 is 166 Å². The SMILES string of the molecule is CCCCCCCCCC[N+](CCCCCCCCCC)(C(CC)OCC)C(CC)(OCC)c1c(OB(Oc2cc(C(F)(F)F)cc(C(F)(F)F)c2)Oc2cc(C(F)(F)F)cc(C(F)(F)F)c2)cc(C(F)(F)F)cc1C(F)(F)F.FC(F)(F)c1c[c-]cc(C(F)(F)F)c1. The molecule has 0 radical (unpaired) electrons. The van der Waals surface area contributed by atoms with Gasteiger partial charge in [-0.1, -0.05) is 116 Å². The molecule has 0 saturated heterocycles. The Bertz CT molecular complexity index is 2690. The van der Waals surface area contributed by atoms with Gasteiger partial charge in [-0.2, -0.15) is 124 Å². The zero-order valence-corrected chi connectivity index (χ0v) is 51.6. The molecule has 0 spiro atoms. The molecule has 6 nitrogen and oxygen atoms in total. The molecule has 31 heteroatoms. The highest BCUT2D eigenvalue weighted by atomic mass is 19.4. The molecule has 0 aromatic heterocycles. The molecule has 0 bridgehead atoms. The smallest absolute Gasteiger partial charge is 0.490 e. The highest BCUT2D eigenvalue weighted by Gasteiger charge is 2.61. The van der Waals surface area contributed by atoms with Crippen LogP contribution < -0.4 is 14.0 Å². The predicted octanol–water partition coefficient (Wildman–Crippen LogP) is 23.3. The fourth-order valence-corrected chi connectivity index (χ4v) is 10.8. The molecule has 0 amide bonds. The van der Waals surface area contributed by atoms with Crippen LogP contribution in [0.3, 0.4) is 0 Å². The molecule has 0 N–H and O–H groups in total. The Kier molecular flexibility index (Phi) is 30.3. The number of benzene rings is 4. The van der Waals surface area contributed by atoms with Crippen LogP contribution in [0.15, 0.2) is 66.7 Å². The van der Waals surface area contributed by atoms with E-state index in [-0.39, 0.29) is 81.4 Å². The van der Waals surface area contributed by atoms with E-state index in [1.54, 1.807) is 19.9 Å². The molecule has 0 aliphatic carbocycles. The van der Waals surface area contributed by atoms with Crippen molar-refractivity contribution in [1.82, 2.24) is 0 Å². The van der Waals surface area contributed by atoms with E-state index in [2.05, 4.69) is 0 Å². The Balaban J connectivity index is 0.00000142. The predicted molar refractivity (Wildman–Crippen MR) is 297 cm³/mol. The van der Waals surface area contributed by atoms with E-state index in [4.69, 9.17) is 23.4 Å². The summed E-state index contributed by atoms with van der Waals surface area (Å²) < 4.78 is 364. The van der Waals surface area contributed by atoms with E-state index in [1.807, 2.05) is 13.8 Å². The van der Waals surface area contributed by atoms with Gasteiger partial charge in [0.25, 0.3) is 0 Å². The number of halogens is 24. The average molecular weight is 1380 g/mol. The molecule has 93 heavy (non-hydrogen) atoms. The van der Waals surface area contributed by atoms with Crippen molar-refractivity contribution in [3.8, 4) is 17.2 Å². The number of ether oxygens (including phenoxy) is 2. The second kappa shape index (κ2) is 34.5. The second-order valence-corrected chi connectivity index (χ2v) is 21.8. The summed E-state index contributed by atoms with van der Waals surface area (Å²) in [5, 5.41) is 0. The zero-order valence-electron chi connectivity index (χ0n) is 51.6. The first-order chi connectivity index (χ1) is 42.9. The van der Waals surface area contributed by atoms with Crippen molar-refractivity contribution in [2.24, 2.45) is 0 Å². The lowest BCUT2D eigenvalue weighted by Gasteiger charge is -2.56. The number of quaternary nitrogens is 1. The van der Waals surface area contributed by atoms with E-state index in [1.165, 1.54) is 13.8 Å². The highest BCUT2D eigenvalue weighted by Crippen LogP contribution is 2.54. The summed E-state index contributed by atoms with van der Waals surface area (Å²) in [6.45, 7) is 9.39. The maximum absolute atomic E-state index is 16.1. The minimum absolute atomic E-state index is 0.0167. The fraction of sp³-hybridized carbons (Fsp3) is 0.613. The van der Waals surface area contributed by atoms with Crippen LogP contribution >= 0.6 is 0 Å². The quantitative estimate of drug-likeness (QED) is 0.0119. The molecule has 0 saturated carbocycles. The standard InChI is InChI=1S/C54H71BF18NO5.C8H3F6/c1-7-13-15-17-19-21-23-25-27-74(46(9-3)75-11-5,28-26-24-22-20-18-16-14-8-2)48(10-4,76-12-6)47-44(54(71,72)73)35-41(53(68,69)70)36-45(47)79-55(77-42-31-37(49(56,57)58)29-38(32-42)50(59,60)61)78-43-33-39(51(62,63)64)30-40(34-43)52(65,66)67;9-7(10,11)5-2-1-3-6(4-5)8(12,13)14/h29-36,46H,7-28H2,1-6H3;2-4H/q+1;-1. The van der Waals surface area contributed by atoms with E-state index in [0.29, 0.717) is 37.8 Å². The van der Waals surface area contributed by atoms with Gasteiger partial charge in [-0.3, -0.25) is 4.48 Å². The molecule has 2 atom stereocenters. The van der Waals surface area contributed by atoms with Crippen LogP contribution in [0.4, 0.5) is 105 Å². The number of nitrogens with zero attached hydrogens (tertiary/aromatic N) is 1. The molecule has 0 aliphatic rings. The Morgan fingerprint density at radius 1 is 0.376 bits per heavy atom. The summed E-state index contributed by atoms with van der Waals surface area (Å²) in [5.74, 6) is -4.79. The van der Waals surface area contributed by atoms with Crippen molar-refractivity contribution in [3.05, 3.63) is 123 Å². The van der Waals surface area contributed by atoms with Crippen LogP contribution in [0.1, 0.15) is 207 Å². The number of unbranched alkanes of at least 4 members (excludes halogenated alkanes) is 14. The molecular weight excluding hydrogens is 1310 g/mol. The largest absolute Gasteiger partial charge is 0.864 e.